The van der Waals surface area contributed by atoms with Gasteiger partial charge in [-0.15, -0.1) is 0 Å². The average Bonchev–Trinajstić information content (AvgIpc) is 2.38. The van der Waals surface area contributed by atoms with E-state index in [9.17, 15) is 5.11 Å². The third-order valence-electron chi connectivity index (χ3n) is 2.98. The van der Waals surface area contributed by atoms with Gasteiger partial charge in [0.25, 0.3) is 0 Å². The van der Waals surface area contributed by atoms with Crippen molar-refractivity contribution in [3.05, 3.63) is 64.1 Å². The minimum absolute atomic E-state index is 0.270. The summed E-state index contributed by atoms with van der Waals surface area (Å²) in [7, 11) is 1.96. The number of halogens is 1. The molecule has 1 unspecified atom stereocenters. The van der Waals surface area contributed by atoms with E-state index < -0.39 is 0 Å². The molecule has 0 aliphatic heterocycles. The SMILES string of the molecule is CNC(Cc1ccc(O)cc1)c1cccc(Br)c1. The highest BCUT2D eigenvalue weighted by Crippen LogP contribution is 2.22. The lowest BCUT2D eigenvalue weighted by atomic mass is 9.99. The van der Waals surface area contributed by atoms with E-state index in [0.717, 1.165) is 10.9 Å². The summed E-state index contributed by atoms with van der Waals surface area (Å²) in [6.07, 6.45) is 0.896. The van der Waals surface area contributed by atoms with Crippen molar-refractivity contribution in [2.45, 2.75) is 12.5 Å². The summed E-state index contributed by atoms with van der Waals surface area (Å²) in [4.78, 5) is 0. The first-order chi connectivity index (χ1) is 8.69. The second-order valence-corrected chi connectivity index (χ2v) is 5.18. The highest BCUT2D eigenvalue weighted by molar-refractivity contribution is 9.10. The first kappa shape index (κ1) is 13.1. The maximum Gasteiger partial charge on any atom is 0.115 e. The fourth-order valence-corrected chi connectivity index (χ4v) is 2.39. The molecule has 0 aliphatic rings. The van der Waals surface area contributed by atoms with Gasteiger partial charge in [0.2, 0.25) is 0 Å². The maximum atomic E-state index is 9.28. The molecule has 3 heteroatoms. The molecule has 0 radical (unpaired) electrons. The minimum atomic E-state index is 0.270. The minimum Gasteiger partial charge on any atom is -0.508 e. The fraction of sp³-hybridized carbons (Fsp3) is 0.200. The van der Waals surface area contributed by atoms with Gasteiger partial charge in [0.05, 0.1) is 0 Å². The van der Waals surface area contributed by atoms with Crippen LogP contribution in [-0.2, 0) is 6.42 Å². The molecule has 2 rings (SSSR count). The van der Waals surface area contributed by atoms with Crippen molar-refractivity contribution in [2.75, 3.05) is 7.05 Å². The zero-order valence-corrected chi connectivity index (χ0v) is 11.8. The zero-order valence-electron chi connectivity index (χ0n) is 10.2. The molecule has 0 spiro atoms. The van der Waals surface area contributed by atoms with Crippen LogP contribution in [0.3, 0.4) is 0 Å². The predicted octanol–water partition coefficient (Wildman–Crippen LogP) is 3.66. The number of nitrogens with one attached hydrogen (secondary N) is 1. The van der Waals surface area contributed by atoms with Gasteiger partial charge in [-0.3, -0.25) is 0 Å². The zero-order chi connectivity index (χ0) is 13.0. The van der Waals surface area contributed by atoms with Crippen LogP contribution in [0.15, 0.2) is 53.0 Å². The Morgan fingerprint density at radius 2 is 1.89 bits per heavy atom. The molecule has 0 bridgehead atoms. The molecule has 0 aliphatic carbocycles. The Kier molecular flexibility index (Phi) is 4.39. The van der Waals surface area contributed by atoms with Crippen LogP contribution in [0.4, 0.5) is 0 Å². The first-order valence-electron chi connectivity index (χ1n) is 5.89. The second kappa shape index (κ2) is 6.03. The molecule has 0 saturated carbocycles. The Morgan fingerprint density at radius 1 is 1.17 bits per heavy atom. The highest BCUT2D eigenvalue weighted by Gasteiger charge is 2.10. The molecule has 1 atom stereocenters. The predicted molar refractivity (Wildman–Crippen MR) is 77.8 cm³/mol. The van der Waals surface area contributed by atoms with E-state index in [4.69, 9.17) is 0 Å². The van der Waals surface area contributed by atoms with E-state index >= 15 is 0 Å². The van der Waals surface area contributed by atoms with Crippen LogP contribution in [0.1, 0.15) is 17.2 Å². The lowest BCUT2D eigenvalue weighted by Gasteiger charge is -2.17. The lowest BCUT2D eigenvalue weighted by molar-refractivity contribution is 0.475. The quantitative estimate of drug-likeness (QED) is 0.903. The lowest BCUT2D eigenvalue weighted by Crippen LogP contribution is -2.18. The number of hydrogen-bond donors (Lipinski definition) is 2. The Bertz CT molecular complexity index is 510. The van der Waals surface area contributed by atoms with Crippen LogP contribution < -0.4 is 5.32 Å². The molecule has 0 aromatic heterocycles. The molecule has 0 heterocycles. The van der Waals surface area contributed by atoms with E-state index in [1.54, 1.807) is 12.1 Å². The molecule has 0 amide bonds. The molecule has 0 saturated heterocycles. The largest absolute Gasteiger partial charge is 0.508 e. The Labute approximate surface area is 116 Å². The smallest absolute Gasteiger partial charge is 0.115 e. The van der Waals surface area contributed by atoms with Crippen LogP contribution in [0, 0.1) is 0 Å². The number of hydrogen-bond acceptors (Lipinski definition) is 2. The topological polar surface area (TPSA) is 32.3 Å². The van der Waals surface area contributed by atoms with E-state index in [2.05, 4.69) is 33.4 Å². The van der Waals surface area contributed by atoms with Crippen molar-refractivity contribution < 1.29 is 5.11 Å². The molecule has 2 N–H and O–H groups in total. The molecule has 2 nitrogen and oxygen atoms in total. The van der Waals surface area contributed by atoms with Gasteiger partial charge in [-0.2, -0.15) is 0 Å². The van der Waals surface area contributed by atoms with Crippen LogP contribution in [0.2, 0.25) is 0 Å². The summed E-state index contributed by atoms with van der Waals surface area (Å²) in [6.45, 7) is 0. The van der Waals surface area contributed by atoms with Crippen molar-refractivity contribution in [1.29, 1.82) is 0 Å². The molecule has 18 heavy (non-hydrogen) atoms. The molecular weight excluding hydrogens is 290 g/mol. The summed E-state index contributed by atoms with van der Waals surface area (Å²) in [6, 6.07) is 15.9. The normalized spacial score (nSPS) is 12.3. The summed E-state index contributed by atoms with van der Waals surface area (Å²) < 4.78 is 1.09. The summed E-state index contributed by atoms with van der Waals surface area (Å²) >= 11 is 3.49. The van der Waals surface area contributed by atoms with Crippen molar-refractivity contribution in [3.8, 4) is 5.75 Å². The standard InChI is InChI=1S/C15H16BrNO/c1-17-15(12-3-2-4-13(16)10-12)9-11-5-7-14(18)8-6-11/h2-8,10,15,17-18H,9H2,1H3. The van der Waals surface area contributed by atoms with Crippen LogP contribution in [0.5, 0.6) is 5.75 Å². The Morgan fingerprint density at radius 3 is 2.50 bits per heavy atom. The summed E-state index contributed by atoms with van der Waals surface area (Å²) in [5.41, 5.74) is 2.45. The van der Waals surface area contributed by atoms with Gasteiger partial charge in [-0.25, -0.2) is 0 Å². The summed E-state index contributed by atoms with van der Waals surface area (Å²) in [5, 5.41) is 12.6. The summed E-state index contributed by atoms with van der Waals surface area (Å²) in [5.74, 6) is 0.308. The van der Waals surface area contributed by atoms with Crippen LogP contribution >= 0.6 is 15.9 Å². The van der Waals surface area contributed by atoms with E-state index in [1.165, 1.54) is 11.1 Å². The number of likely N-dealkylation sites (N-methyl/N-ethyl adjacent to an activating group) is 1. The molecule has 94 valence electrons. The van der Waals surface area contributed by atoms with Crippen molar-refractivity contribution >= 4 is 15.9 Å². The van der Waals surface area contributed by atoms with Gasteiger partial charge < -0.3 is 10.4 Å². The monoisotopic (exact) mass is 305 g/mol. The van der Waals surface area contributed by atoms with Gasteiger partial charge in [0.15, 0.2) is 0 Å². The number of aromatic hydroxyl groups is 1. The van der Waals surface area contributed by atoms with Crippen molar-refractivity contribution in [1.82, 2.24) is 5.32 Å². The fourth-order valence-electron chi connectivity index (χ4n) is 1.98. The third kappa shape index (κ3) is 3.34. The second-order valence-electron chi connectivity index (χ2n) is 4.27. The van der Waals surface area contributed by atoms with E-state index in [-0.39, 0.29) is 6.04 Å². The number of phenols is 1. The third-order valence-corrected chi connectivity index (χ3v) is 3.47. The number of rotatable bonds is 4. The van der Waals surface area contributed by atoms with Crippen LogP contribution in [-0.4, -0.2) is 12.2 Å². The van der Waals surface area contributed by atoms with Crippen molar-refractivity contribution in [2.24, 2.45) is 0 Å². The van der Waals surface area contributed by atoms with E-state index in [1.807, 2.05) is 31.3 Å². The van der Waals surface area contributed by atoms with Gasteiger partial charge in [0.1, 0.15) is 5.75 Å². The average molecular weight is 306 g/mol. The van der Waals surface area contributed by atoms with Gasteiger partial charge in [0, 0.05) is 10.5 Å². The number of benzene rings is 2. The highest BCUT2D eigenvalue weighted by atomic mass is 79.9. The Balaban J connectivity index is 2.17. The molecule has 0 fully saturated rings. The van der Waals surface area contributed by atoms with Crippen molar-refractivity contribution in [3.63, 3.8) is 0 Å². The number of phenolic OH excluding ortho intramolecular Hbond substituents is 1. The van der Waals surface area contributed by atoms with Gasteiger partial charge in [-0.05, 0) is 48.9 Å². The van der Waals surface area contributed by atoms with Crippen LogP contribution in [0.25, 0.3) is 0 Å². The maximum absolute atomic E-state index is 9.28. The molecule has 2 aromatic carbocycles. The van der Waals surface area contributed by atoms with E-state index in [0.29, 0.717) is 5.75 Å². The first-order valence-corrected chi connectivity index (χ1v) is 6.69. The molecular formula is C15H16BrNO. The molecule has 2 aromatic rings. The van der Waals surface area contributed by atoms with Gasteiger partial charge in [-0.1, -0.05) is 40.2 Å². The van der Waals surface area contributed by atoms with Gasteiger partial charge >= 0.3 is 0 Å². The Hall–Kier alpha value is -1.32.